The van der Waals surface area contributed by atoms with E-state index in [0.29, 0.717) is 29.7 Å². The summed E-state index contributed by atoms with van der Waals surface area (Å²) >= 11 is 0. The Bertz CT molecular complexity index is 1480. The number of hydrogen-bond donors (Lipinski definition) is 5. The lowest BCUT2D eigenvalue weighted by Crippen LogP contribution is -2.65. The second-order valence-corrected chi connectivity index (χ2v) is 10.0. The van der Waals surface area contributed by atoms with Crippen LogP contribution in [0.1, 0.15) is 29.6 Å². The van der Waals surface area contributed by atoms with Gasteiger partial charge in [-0.15, -0.1) is 0 Å². The maximum Gasteiger partial charge on any atom is 0.345 e. The van der Waals surface area contributed by atoms with Gasteiger partial charge in [-0.05, 0) is 49.6 Å². The van der Waals surface area contributed by atoms with Gasteiger partial charge in [0.15, 0.2) is 0 Å². The van der Waals surface area contributed by atoms with E-state index in [-0.39, 0.29) is 23.3 Å². The molecule has 1 unspecified atom stereocenters. The SMILES string of the molecule is O=C(NC(CCCCNc1ccccn1)(NS(=O)(=O)c1ccccc1)C(=O)O)c1cccc2cn[nH]c12. The molecular formula is C25H26N6O5S. The number of aliphatic carboxylic acids is 1. The molecule has 0 aliphatic heterocycles. The van der Waals surface area contributed by atoms with Crippen LogP contribution < -0.4 is 15.4 Å². The largest absolute Gasteiger partial charge is 0.478 e. The Balaban J connectivity index is 1.58. The van der Waals surface area contributed by atoms with Gasteiger partial charge in [0.2, 0.25) is 15.7 Å². The molecule has 1 amide bonds. The predicted octanol–water partition coefficient (Wildman–Crippen LogP) is 2.73. The first-order valence-electron chi connectivity index (χ1n) is 11.5. The highest BCUT2D eigenvalue weighted by molar-refractivity contribution is 7.89. The summed E-state index contributed by atoms with van der Waals surface area (Å²) < 4.78 is 28.6. The van der Waals surface area contributed by atoms with Gasteiger partial charge in [0.1, 0.15) is 5.82 Å². The van der Waals surface area contributed by atoms with Crippen molar-refractivity contribution in [3.63, 3.8) is 0 Å². The molecular weight excluding hydrogens is 496 g/mol. The number of carboxylic acid groups (broad SMARTS) is 1. The quantitative estimate of drug-likeness (QED) is 0.140. The summed E-state index contributed by atoms with van der Waals surface area (Å²) in [7, 11) is -4.30. The number of H-pyrrole nitrogens is 1. The average molecular weight is 523 g/mol. The molecule has 0 fully saturated rings. The highest BCUT2D eigenvalue weighted by Gasteiger charge is 2.44. The second kappa shape index (κ2) is 11.2. The summed E-state index contributed by atoms with van der Waals surface area (Å²) in [5.74, 6) is -1.63. The molecule has 0 saturated heterocycles. The van der Waals surface area contributed by atoms with Crippen LogP contribution in [0.15, 0.2) is 84.0 Å². The van der Waals surface area contributed by atoms with Crippen LogP contribution in [0, 0.1) is 0 Å². The maximum atomic E-state index is 13.3. The van der Waals surface area contributed by atoms with Crippen molar-refractivity contribution in [2.45, 2.75) is 29.8 Å². The number of fused-ring (bicyclic) bond motifs is 1. The summed E-state index contributed by atoms with van der Waals surface area (Å²) in [5.41, 5.74) is -1.76. The number of anilines is 1. The molecule has 11 nitrogen and oxygen atoms in total. The Morgan fingerprint density at radius 2 is 1.76 bits per heavy atom. The van der Waals surface area contributed by atoms with Gasteiger partial charge in [-0.2, -0.15) is 9.82 Å². The Morgan fingerprint density at radius 3 is 2.49 bits per heavy atom. The number of unbranched alkanes of at least 4 members (excludes halogenated alkanes) is 1. The van der Waals surface area contributed by atoms with E-state index >= 15 is 0 Å². The number of benzene rings is 2. The van der Waals surface area contributed by atoms with Gasteiger partial charge in [0.25, 0.3) is 5.91 Å². The number of nitrogens with one attached hydrogen (secondary N) is 4. The van der Waals surface area contributed by atoms with Crippen LogP contribution in [0.25, 0.3) is 10.9 Å². The standard InChI is InChI=1S/C25H26N6O5S/c32-23(20-12-8-9-18-17-28-30-22(18)20)29-25(24(33)34,31-37(35,36)19-10-2-1-3-11-19)14-5-7-16-27-21-13-4-6-15-26-21/h1-4,6,8-13,15,17,31H,5,7,14,16H2,(H,26,27)(H,28,30)(H,29,32)(H,33,34). The second-order valence-electron chi connectivity index (χ2n) is 8.32. The third-order valence-electron chi connectivity index (χ3n) is 5.72. The lowest BCUT2D eigenvalue weighted by Gasteiger charge is -2.31. The van der Waals surface area contributed by atoms with Crippen molar-refractivity contribution >= 4 is 38.6 Å². The highest BCUT2D eigenvalue weighted by atomic mass is 32.2. The van der Waals surface area contributed by atoms with Crippen LogP contribution in [-0.2, 0) is 14.8 Å². The number of aromatic amines is 1. The lowest BCUT2D eigenvalue weighted by atomic mass is 10.0. The molecule has 2 aromatic carbocycles. The molecule has 0 bridgehead atoms. The number of aromatic nitrogens is 3. The van der Waals surface area contributed by atoms with E-state index in [0.717, 1.165) is 0 Å². The minimum absolute atomic E-state index is 0.123. The van der Waals surface area contributed by atoms with Crippen LogP contribution in [0.4, 0.5) is 5.82 Å². The van der Waals surface area contributed by atoms with Gasteiger partial charge in [-0.1, -0.05) is 36.4 Å². The molecule has 5 N–H and O–H groups in total. The summed E-state index contributed by atoms with van der Waals surface area (Å²) in [5, 5.41) is 23.1. The van der Waals surface area contributed by atoms with Crippen LogP contribution in [0.3, 0.4) is 0 Å². The molecule has 0 aliphatic rings. The zero-order valence-electron chi connectivity index (χ0n) is 19.7. The van der Waals surface area contributed by atoms with Crippen LogP contribution in [0.5, 0.6) is 0 Å². The predicted molar refractivity (Wildman–Crippen MR) is 137 cm³/mol. The first-order valence-corrected chi connectivity index (χ1v) is 13.0. The maximum absolute atomic E-state index is 13.3. The van der Waals surface area contributed by atoms with Crippen molar-refractivity contribution in [1.82, 2.24) is 25.2 Å². The fourth-order valence-corrected chi connectivity index (χ4v) is 5.18. The number of carboxylic acids is 1. The Hall–Kier alpha value is -4.29. The third-order valence-corrected chi connectivity index (χ3v) is 7.23. The van der Waals surface area contributed by atoms with Crippen molar-refractivity contribution < 1.29 is 23.1 Å². The van der Waals surface area contributed by atoms with Crippen molar-refractivity contribution in [3.8, 4) is 0 Å². The number of rotatable bonds is 12. The van der Waals surface area contributed by atoms with E-state index in [4.69, 9.17) is 0 Å². The summed E-state index contributed by atoms with van der Waals surface area (Å²) in [4.78, 5) is 29.9. The Morgan fingerprint density at radius 1 is 0.973 bits per heavy atom. The lowest BCUT2D eigenvalue weighted by molar-refractivity contribution is -0.145. The van der Waals surface area contributed by atoms with Crippen LogP contribution >= 0.6 is 0 Å². The minimum atomic E-state index is -4.30. The topological polar surface area (TPSA) is 166 Å². The number of sulfonamides is 1. The molecule has 0 spiro atoms. The normalized spacial score (nSPS) is 13.1. The fraction of sp³-hybridized carbons (Fsp3) is 0.200. The molecule has 192 valence electrons. The average Bonchev–Trinajstić information content (AvgIpc) is 3.38. The number of hydrogen-bond acceptors (Lipinski definition) is 7. The molecule has 12 heteroatoms. The van der Waals surface area contributed by atoms with Crippen molar-refractivity contribution in [2.75, 3.05) is 11.9 Å². The molecule has 37 heavy (non-hydrogen) atoms. The summed E-state index contributed by atoms with van der Waals surface area (Å²) in [6.45, 7) is 0.472. The van der Waals surface area contributed by atoms with Crippen molar-refractivity contribution in [2.24, 2.45) is 0 Å². The van der Waals surface area contributed by atoms with Gasteiger partial charge in [0, 0.05) is 18.1 Å². The molecule has 0 aliphatic carbocycles. The number of carbonyl (C=O) groups is 2. The van der Waals surface area contributed by atoms with E-state index in [1.807, 2.05) is 6.07 Å². The summed E-state index contributed by atoms with van der Waals surface area (Å²) in [6.07, 6.45) is 3.74. The first-order chi connectivity index (χ1) is 17.8. The van der Waals surface area contributed by atoms with Crippen molar-refractivity contribution in [1.29, 1.82) is 0 Å². The molecule has 1 atom stereocenters. The van der Waals surface area contributed by atoms with E-state index in [1.54, 1.807) is 36.5 Å². The minimum Gasteiger partial charge on any atom is -0.478 e. The number of carbonyl (C=O) groups excluding carboxylic acids is 1. The molecule has 2 aromatic heterocycles. The van der Waals surface area contributed by atoms with Gasteiger partial charge in [-0.3, -0.25) is 9.89 Å². The molecule has 0 saturated carbocycles. The van der Waals surface area contributed by atoms with E-state index in [1.165, 1.54) is 36.5 Å². The monoisotopic (exact) mass is 522 g/mol. The molecule has 2 heterocycles. The fourth-order valence-electron chi connectivity index (χ4n) is 3.85. The van der Waals surface area contributed by atoms with Crippen molar-refractivity contribution in [3.05, 3.63) is 84.7 Å². The Labute approximate surface area is 213 Å². The molecule has 4 aromatic rings. The van der Waals surface area contributed by atoms with Crippen LogP contribution in [-0.4, -0.2) is 52.8 Å². The van der Waals surface area contributed by atoms with E-state index in [9.17, 15) is 23.1 Å². The first kappa shape index (κ1) is 25.8. The van der Waals surface area contributed by atoms with E-state index < -0.39 is 27.6 Å². The van der Waals surface area contributed by atoms with Gasteiger partial charge in [0.05, 0.1) is 22.2 Å². The number of amides is 1. The number of nitrogens with zero attached hydrogens (tertiary/aromatic N) is 2. The Kier molecular flexibility index (Phi) is 7.80. The zero-order valence-corrected chi connectivity index (χ0v) is 20.5. The van der Waals surface area contributed by atoms with Crippen LogP contribution in [0.2, 0.25) is 0 Å². The zero-order chi connectivity index (χ0) is 26.3. The van der Waals surface area contributed by atoms with Gasteiger partial charge < -0.3 is 15.7 Å². The van der Waals surface area contributed by atoms with Gasteiger partial charge >= 0.3 is 5.97 Å². The highest BCUT2D eigenvalue weighted by Crippen LogP contribution is 2.21. The number of pyridine rings is 1. The molecule has 0 radical (unpaired) electrons. The third kappa shape index (κ3) is 6.11. The van der Waals surface area contributed by atoms with Gasteiger partial charge in [-0.25, -0.2) is 18.2 Å². The number of para-hydroxylation sites is 1. The van der Waals surface area contributed by atoms with E-state index in [2.05, 4.69) is 30.5 Å². The molecule has 4 rings (SSSR count). The summed E-state index contributed by atoms with van der Waals surface area (Å²) in [6, 6.07) is 17.7. The smallest absolute Gasteiger partial charge is 0.345 e.